The van der Waals surface area contributed by atoms with Gasteiger partial charge in [-0.05, 0) is 104 Å². The molecule has 3 rings (SSSR count). The van der Waals surface area contributed by atoms with E-state index < -0.39 is 95.3 Å². The summed E-state index contributed by atoms with van der Waals surface area (Å²) in [6, 6.07) is -1.15. The Hall–Kier alpha value is -4.05. The Morgan fingerprint density at radius 1 is 0.870 bits per heavy atom. The summed E-state index contributed by atoms with van der Waals surface area (Å²) in [6.07, 6.45) is -0.385. The number of rotatable bonds is 6. The molecule has 0 unspecified atom stereocenters. The van der Waals surface area contributed by atoms with E-state index in [1.807, 2.05) is 13.8 Å². The second-order valence-corrected chi connectivity index (χ2v) is 17.2. The van der Waals surface area contributed by atoms with E-state index in [4.69, 9.17) is 9.47 Å². The number of carbonyl (C=O) groups is 7. The second-order valence-electron chi connectivity index (χ2n) is 16.4. The van der Waals surface area contributed by atoms with Gasteiger partial charge < -0.3 is 41.0 Å². The van der Waals surface area contributed by atoms with Crippen molar-refractivity contribution < 1.29 is 43.0 Å². The SMILES string of the molecule is CC(C)C[C@@H]1NC(=O)c2ccc(Br)c(c2)CNC(=O)[C@@H]2CCCN2C(=O)[C@H](C)NC(=O)[C@H]([C@@H](C)OC(C)(C)C)NC(=O)[C@H](CC(=O)OC(C)(C)C)NC1=O. The van der Waals surface area contributed by atoms with E-state index in [2.05, 4.69) is 42.5 Å². The van der Waals surface area contributed by atoms with E-state index in [1.165, 1.54) is 11.8 Å². The van der Waals surface area contributed by atoms with E-state index in [-0.39, 0.29) is 24.4 Å². The number of hydrogen-bond donors (Lipinski definition) is 5. The zero-order valence-corrected chi connectivity index (χ0v) is 34.6. The number of fused-ring (bicyclic) bond motifs is 3. The molecule has 6 amide bonds. The first-order chi connectivity index (χ1) is 25.0. The van der Waals surface area contributed by atoms with Crippen molar-refractivity contribution in [1.82, 2.24) is 31.5 Å². The van der Waals surface area contributed by atoms with Crippen molar-refractivity contribution in [3.8, 4) is 0 Å². The maximum Gasteiger partial charge on any atom is 0.308 e. The molecule has 2 bridgehead atoms. The second kappa shape index (κ2) is 18.5. The molecule has 1 aromatic carbocycles. The maximum absolute atomic E-state index is 14.1. The summed E-state index contributed by atoms with van der Waals surface area (Å²) < 4.78 is 12.2. The summed E-state index contributed by atoms with van der Waals surface area (Å²) in [4.78, 5) is 97.3. The first kappa shape index (κ1) is 44.3. The molecule has 0 aliphatic carbocycles. The summed E-state index contributed by atoms with van der Waals surface area (Å²) in [5.74, 6) is -4.73. The topological polar surface area (TPSA) is 201 Å². The van der Waals surface area contributed by atoms with Gasteiger partial charge in [-0.15, -0.1) is 0 Å². The highest BCUT2D eigenvalue weighted by atomic mass is 79.9. The van der Waals surface area contributed by atoms with Crippen LogP contribution in [0.15, 0.2) is 22.7 Å². The fourth-order valence-corrected chi connectivity index (χ4v) is 6.71. The van der Waals surface area contributed by atoms with Crippen LogP contribution < -0.4 is 26.6 Å². The molecule has 5 N–H and O–H groups in total. The number of nitrogens with one attached hydrogen (secondary N) is 5. The van der Waals surface area contributed by atoms with Gasteiger partial charge >= 0.3 is 5.97 Å². The molecule has 2 heterocycles. The third kappa shape index (κ3) is 13.1. The minimum Gasteiger partial charge on any atom is -0.460 e. The predicted octanol–water partition coefficient (Wildman–Crippen LogP) is 2.62. The van der Waals surface area contributed by atoms with Crippen LogP contribution in [0.2, 0.25) is 0 Å². The first-order valence-corrected chi connectivity index (χ1v) is 19.2. The molecule has 0 saturated carbocycles. The average molecular weight is 822 g/mol. The summed E-state index contributed by atoms with van der Waals surface area (Å²) in [5.41, 5.74) is -0.874. The maximum atomic E-state index is 14.1. The molecular formula is C38H57BrN6O9. The van der Waals surface area contributed by atoms with Crippen molar-refractivity contribution in [2.24, 2.45) is 5.92 Å². The average Bonchev–Trinajstić information content (AvgIpc) is 3.53. The molecule has 6 atom stereocenters. The van der Waals surface area contributed by atoms with Gasteiger partial charge in [-0.3, -0.25) is 33.6 Å². The van der Waals surface area contributed by atoms with Gasteiger partial charge in [-0.2, -0.15) is 0 Å². The number of halogens is 1. The van der Waals surface area contributed by atoms with Gasteiger partial charge in [0.25, 0.3) is 5.91 Å². The fraction of sp³-hybridized carbons (Fsp3) is 0.658. The third-order valence-electron chi connectivity index (χ3n) is 8.67. The molecule has 54 heavy (non-hydrogen) atoms. The van der Waals surface area contributed by atoms with Gasteiger partial charge in [0.1, 0.15) is 35.8 Å². The lowest BCUT2D eigenvalue weighted by molar-refractivity contribution is -0.156. The van der Waals surface area contributed by atoms with E-state index in [0.29, 0.717) is 29.4 Å². The lowest BCUT2D eigenvalue weighted by Crippen LogP contribution is -2.62. The molecule has 15 nitrogen and oxygen atoms in total. The molecule has 1 fully saturated rings. The molecule has 0 radical (unpaired) electrons. The largest absolute Gasteiger partial charge is 0.460 e. The van der Waals surface area contributed by atoms with Crippen molar-refractivity contribution in [1.29, 1.82) is 0 Å². The van der Waals surface area contributed by atoms with Crippen LogP contribution in [0.4, 0.5) is 0 Å². The monoisotopic (exact) mass is 820 g/mol. The van der Waals surface area contributed by atoms with Crippen molar-refractivity contribution in [3.05, 3.63) is 33.8 Å². The predicted molar refractivity (Wildman–Crippen MR) is 204 cm³/mol. The molecule has 2 aliphatic rings. The zero-order chi connectivity index (χ0) is 40.7. The summed E-state index contributed by atoms with van der Waals surface area (Å²) in [6.45, 7) is 17.4. The molecular weight excluding hydrogens is 764 g/mol. The van der Waals surface area contributed by atoms with Crippen LogP contribution in [0, 0.1) is 5.92 Å². The van der Waals surface area contributed by atoms with Crippen LogP contribution in [0.5, 0.6) is 0 Å². The highest BCUT2D eigenvalue weighted by Crippen LogP contribution is 2.22. The third-order valence-corrected chi connectivity index (χ3v) is 9.44. The number of nitrogens with zero attached hydrogens (tertiary/aromatic N) is 1. The van der Waals surface area contributed by atoms with Gasteiger partial charge in [0, 0.05) is 23.1 Å². The van der Waals surface area contributed by atoms with Gasteiger partial charge in [0.15, 0.2) is 0 Å². The Morgan fingerprint density at radius 2 is 1.52 bits per heavy atom. The lowest BCUT2D eigenvalue weighted by atomic mass is 10.0. The minimum absolute atomic E-state index is 0.0364. The number of hydrogen-bond acceptors (Lipinski definition) is 9. The summed E-state index contributed by atoms with van der Waals surface area (Å²) in [7, 11) is 0. The highest BCUT2D eigenvalue weighted by molar-refractivity contribution is 9.10. The molecule has 0 aromatic heterocycles. The van der Waals surface area contributed by atoms with Crippen molar-refractivity contribution in [3.63, 3.8) is 0 Å². The number of esters is 1. The normalized spacial score (nSPS) is 24.7. The van der Waals surface area contributed by atoms with Crippen molar-refractivity contribution in [2.45, 2.75) is 149 Å². The Morgan fingerprint density at radius 3 is 2.13 bits per heavy atom. The number of carbonyl (C=O) groups excluding carboxylic acids is 7. The number of benzene rings is 1. The van der Waals surface area contributed by atoms with E-state index in [9.17, 15) is 33.6 Å². The van der Waals surface area contributed by atoms with Gasteiger partial charge in [-0.25, -0.2) is 0 Å². The van der Waals surface area contributed by atoms with Gasteiger partial charge in [-0.1, -0.05) is 29.8 Å². The minimum atomic E-state index is -1.54. The van der Waals surface area contributed by atoms with E-state index in [1.54, 1.807) is 66.7 Å². The molecule has 1 saturated heterocycles. The number of ether oxygens (including phenoxy) is 2. The summed E-state index contributed by atoms with van der Waals surface area (Å²) >= 11 is 3.48. The number of amides is 6. The molecule has 2 aliphatic heterocycles. The lowest BCUT2D eigenvalue weighted by Gasteiger charge is -2.33. The van der Waals surface area contributed by atoms with Crippen molar-refractivity contribution >= 4 is 57.3 Å². The van der Waals surface area contributed by atoms with E-state index >= 15 is 0 Å². The Bertz CT molecular complexity index is 1590. The van der Waals surface area contributed by atoms with Crippen LogP contribution in [0.3, 0.4) is 0 Å². The summed E-state index contributed by atoms with van der Waals surface area (Å²) in [5, 5.41) is 13.6. The molecule has 1 aromatic rings. The van der Waals surface area contributed by atoms with Crippen LogP contribution in [-0.4, -0.2) is 100 Å². The zero-order valence-electron chi connectivity index (χ0n) is 33.0. The molecule has 16 heteroatoms. The van der Waals surface area contributed by atoms with Gasteiger partial charge in [0.05, 0.1) is 18.1 Å². The Kier molecular flexibility index (Phi) is 15.2. The molecule has 0 spiro atoms. The Labute approximate surface area is 326 Å². The quantitative estimate of drug-likeness (QED) is 0.268. The first-order valence-electron chi connectivity index (χ1n) is 18.4. The smallest absolute Gasteiger partial charge is 0.308 e. The van der Waals surface area contributed by atoms with Gasteiger partial charge in [0.2, 0.25) is 29.5 Å². The van der Waals surface area contributed by atoms with Crippen LogP contribution in [0.1, 0.15) is 111 Å². The Balaban J connectivity index is 2.11. The van der Waals surface area contributed by atoms with Crippen LogP contribution >= 0.6 is 15.9 Å². The van der Waals surface area contributed by atoms with E-state index in [0.717, 1.165) is 0 Å². The van der Waals surface area contributed by atoms with Crippen LogP contribution in [-0.2, 0) is 44.8 Å². The van der Waals surface area contributed by atoms with Crippen LogP contribution in [0.25, 0.3) is 0 Å². The fourth-order valence-electron chi connectivity index (χ4n) is 6.32. The van der Waals surface area contributed by atoms with Crippen molar-refractivity contribution in [2.75, 3.05) is 6.54 Å². The standard InChI is InChI=1S/C38H57BrN6O9/c1-20(2)16-26-32(48)43-27(18-29(46)54-38(8,9)10)33(49)44-30(22(4)53-37(5,6)7)35(51)41-21(3)36(52)45-15-11-12-28(45)34(50)40-19-24-17-23(31(47)42-26)13-14-25(24)39/h13-14,17,20-22,26-28,30H,11-12,15-16,18-19H2,1-10H3,(H,40,50)(H,41,51)(H,42,47)(H,43,48)(H,44,49)/t21-,22+,26-,27-,28-,30-/m0/s1. The molecule has 300 valence electrons. The highest BCUT2D eigenvalue weighted by Gasteiger charge is 2.40.